The number of unbranched alkanes of at least 4 members (excludes halogenated alkanes) is 14. The Morgan fingerprint density at radius 2 is 1.03 bits per heavy atom. The Morgan fingerprint density at radius 1 is 0.655 bits per heavy atom. The molecule has 0 saturated heterocycles. The van der Waals surface area contributed by atoms with Crippen LogP contribution in [0.5, 0.6) is 0 Å². The Balaban J connectivity index is 0. The normalized spacial score (nSPS) is 11.6. The summed E-state index contributed by atoms with van der Waals surface area (Å²) in [6.45, 7) is 4.42. The van der Waals surface area contributed by atoms with Crippen molar-refractivity contribution in [2.24, 2.45) is 5.92 Å². The standard InChI is InChI=1S/C12H22O4.C12H26S/c1-2-3-4-5-6-7-8-10(12(15)16)9-11(13)14;1-2-3-4-5-6-7-8-9-10-11-12-13/h10H,2-9H2,1H3,(H,13,14)(H,15,16);13H,2-12H2,1H3. The van der Waals surface area contributed by atoms with Crippen molar-refractivity contribution >= 4 is 24.6 Å². The molecule has 0 fully saturated rings. The molecule has 0 aromatic heterocycles. The number of thiol groups is 1. The van der Waals surface area contributed by atoms with E-state index >= 15 is 0 Å². The highest BCUT2D eigenvalue weighted by Gasteiger charge is 2.19. The molecule has 0 aromatic rings. The van der Waals surface area contributed by atoms with Gasteiger partial charge in [-0.2, -0.15) is 12.6 Å². The molecule has 0 spiro atoms. The van der Waals surface area contributed by atoms with E-state index in [-0.39, 0.29) is 6.42 Å². The fourth-order valence-corrected chi connectivity index (χ4v) is 3.52. The predicted octanol–water partition coefficient (Wildman–Crippen LogP) is 7.75. The highest BCUT2D eigenvalue weighted by molar-refractivity contribution is 7.80. The molecule has 0 radical (unpaired) electrons. The minimum Gasteiger partial charge on any atom is -0.481 e. The maximum absolute atomic E-state index is 10.7. The van der Waals surface area contributed by atoms with Crippen LogP contribution in [0.3, 0.4) is 0 Å². The Morgan fingerprint density at radius 3 is 1.38 bits per heavy atom. The highest BCUT2D eigenvalue weighted by atomic mass is 32.1. The van der Waals surface area contributed by atoms with Crippen molar-refractivity contribution in [1.82, 2.24) is 0 Å². The predicted molar refractivity (Wildman–Crippen MR) is 127 cm³/mol. The van der Waals surface area contributed by atoms with Gasteiger partial charge in [-0.25, -0.2) is 0 Å². The second kappa shape index (κ2) is 25.3. The van der Waals surface area contributed by atoms with E-state index in [0.717, 1.165) is 25.0 Å². The average Bonchev–Trinajstić information content (AvgIpc) is 2.68. The van der Waals surface area contributed by atoms with Crippen LogP contribution >= 0.6 is 12.6 Å². The summed E-state index contributed by atoms with van der Waals surface area (Å²) in [5.41, 5.74) is 0. The van der Waals surface area contributed by atoms with Gasteiger partial charge in [-0.1, -0.05) is 110 Å². The van der Waals surface area contributed by atoms with Crippen LogP contribution in [-0.4, -0.2) is 27.9 Å². The summed E-state index contributed by atoms with van der Waals surface area (Å²) in [6, 6.07) is 0. The number of rotatable bonds is 20. The molecule has 0 aliphatic heterocycles. The molecule has 0 aliphatic rings. The molecule has 4 nitrogen and oxygen atoms in total. The van der Waals surface area contributed by atoms with Gasteiger partial charge in [-0.15, -0.1) is 0 Å². The third-order valence-electron chi connectivity index (χ3n) is 5.19. The molecule has 5 heteroatoms. The van der Waals surface area contributed by atoms with Crippen LogP contribution in [0.2, 0.25) is 0 Å². The van der Waals surface area contributed by atoms with Crippen LogP contribution < -0.4 is 0 Å². The van der Waals surface area contributed by atoms with Crippen molar-refractivity contribution in [2.45, 2.75) is 129 Å². The molecule has 0 rings (SSSR count). The first kappa shape index (κ1) is 30.5. The van der Waals surface area contributed by atoms with Crippen LogP contribution in [-0.2, 0) is 9.59 Å². The zero-order valence-electron chi connectivity index (χ0n) is 19.2. The summed E-state index contributed by atoms with van der Waals surface area (Å²) < 4.78 is 0. The van der Waals surface area contributed by atoms with Gasteiger partial charge in [0.25, 0.3) is 0 Å². The van der Waals surface area contributed by atoms with Gasteiger partial charge in [0.05, 0.1) is 12.3 Å². The summed E-state index contributed by atoms with van der Waals surface area (Å²) in [4.78, 5) is 21.2. The summed E-state index contributed by atoms with van der Waals surface area (Å²) >= 11 is 4.20. The van der Waals surface area contributed by atoms with E-state index in [1.165, 1.54) is 83.5 Å². The lowest BCUT2D eigenvalue weighted by molar-refractivity contribution is -0.148. The number of carbonyl (C=O) groups is 2. The number of aliphatic carboxylic acids is 2. The largest absolute Gasteiger partial charge is 0.481 e. The van der Waals surface area contributed by atoms with Crippen molar-refractivity contribution < 1.29 is 19.8 Å². The Hall–Kier alpha value is -0.710. The first-order valence-electron chi connectivity index (χ1n) is 12.0. The van der Waals surface area contributed by atoms with Crippen molar-refractivity contribution in [1.29, 1.82) is 0 Å². The molecule has 0 amide bonds. The second-order valence-corrected chi connectivity index (χ2v) is 8.54. The van der Waals surface area contributed by atoms with Gasteiger partial charge >= 0.3 is 11.9 Å². The number of hydrogen-bond donors (Lipinski definition) is 3. The first-order valence-corrected chi connectivity index (χ1v) is 12.7. The molecule has 29 heavy (non-hydrogen) atoms. The fourth-order valence-electron chi connectivity index (χ4n) is 3.29. The summed E-state index contributed by atoms with van der Waals surface area (Å²) in [5, 5.41) is 17.3. The van der Waals surface area contributed by atoms with Gasteiger partial charge in [0.15, 0.2) is 0 Å². The van der Waals surface area contributed by atoms with Crippen LogP contribution in [0.1, 0.15) is 129 Å². The number of carboxylic acid groups (broad SMARTS) is 2. The molecule has 174 valence electrons. The van der Waals surface area contributed by atoms with E-state index in [4.69, 9.17) is 10.2 Å². The topological polar surface area (TPSA) is 74.6 Å². The highest BCUT2D eigenvalue weighted by Crippen LogP contribution is 2.15. The van der Waals surface area contributed by atoms with Gasteiger partial charge in [-0.05, 0) is 18.6 Å². The van der Waals surface area contributed by atoms with Gasteiger partial charge in [0.1, 0.15) is 0 Å². The molecule has 0 aliphatic carbocycles. The lowest BCUT2D eigenvalue weighted by atomic mass is 9.97. The summed E-state index contributed by atoms with van der Waals surface area (Å²) in [5.74, 6) is -1.67. The van der Waals surface area contributed by atoms with Crippen molar-refractivity contribution in [3.63, 3.8) is 0 Å². The van der Waals surface area contributed by atoms with E-state index in [1.807, 2.05) is 0 Å². The molecule has 0 bridgehead atoms. The summed E-state index contributed by atoms with van der Waals surface area (Å²) in [7, 11) is 0. The van der Waals surface area contributed by atoms with E-state index in [2.05, 4.69) is 26.5 Å². The van der Waals surface area contributed by atoms with Crippen LogP contribution in [0.25, 0.3) is 0 Å². The van der Waals surface area contributed by atoms with Crippen molar-refractivity contribution in [3.05, 3.63) is 0 Å². The Kier molecular flexibility index (Phi) is 26.6. The lowest BCUT2D eigenvalue weighted by Gasteiger charge is -2.09. The Bertz CT molecular complexity index is 351. The number of hydrogen-bond acceptors (Lipinski definition) is 3. The fraction of sp³-hybridized carbons (Fsp3) is 0.917. The van der Waals surface area contributed by atoms with E-state index in [0.29, 0.717) is 6.42 Å². The lowest BCUT2D eigenvalue weighted by Crippen LogP contribution is -2.17. The zero-order chi connectivity index (χ0) is 22.2. The van der Waals surface area contributed by atoms with Crippen LogP contribution in [0, 0.1) is 5.92 Å². The molecule has 1 unspecified atom stereocenters. The van der Waals surface area contributed by atoms with Crippen molar-refractivity contribution in [2.75, 3.05) is 5.75 Å². The first-order chi connectivity index (χ1) is 14.0. The second-order valence-electron chi connectivity index (χ2n) is 8.10. The van der Waals surface area contributed by atoms with Crippen LogP contribution in [0.15, 0.2) is 0 Å². The van der Waals surface area contributed by atoms with Gasteiger partial charge in [0.2, 0.25) is 0 Å². The molecule has 0 saturated carbocycles. The third kappa shape index (κ3) is 27.3. The van der Waals surface area contributed by atoms with Gasteiger partial charge in [-0.3, -0.25) is 9.59 Å². The Labute approximate surface area is 185 Å². The summed E-state index contributed by atoms with van der Waals surface area (Å²) in [6.07, 6.45) is 20.9. The van der Waals surface area contributed by atoms with E-state index < -0.39 is 17.9 Å². The monoisotopic (exact) mass is 432 g/mol. The average molecular weight is 433 g/mol. The third-order valence-corrected chi connectivity index (χ3v) is 5.50. The van der Waals surface area contributed by atoms with Gasteiger partial charge in [0, 0.05) is 0 Å². The molecule has 2 N–H and O–H groups in total. The maximum Gasteiger partial charge on any atom is 0.307 e. The molecular weight excluding hydrogens is 384 g/mol. The van der Waals surface area contributed by atoms with E-state index in [1.54, 1.807) is 0 Å². The minimum absolute atomic E-state index is 0.260. The SMILES string of the molecule is CCCCCCCCC(CC(=O)O)C(=O)O.CCCCCCCCCCCCS. The zero-order valence-corrected chi connectivity index (χ0v) is 20.1. The maximum atomic E-state index is 10.7. The number of carboxylic acids is 2. The minimum atomic E-state index is -1.03. The van der Waals surface area contributed by atoms with Crippen molar-refractivity contribution in [3.8, 4) is 0 Å². The quantitative estimate of drug-likeness (QED) is 0.136. The molecule has 0 heterocycles. The van der Waals surface area contributed by atoms with Gasteiger partial charge < -0.3 is 10.2 Å². The molecule has 0 aromatic carbocycles. The smallest absolute Gasteiger partial charge is 0.307 e. The van der Waals surface area contributed by atoms with E-state index in [9.17, 15) is 9.59 Å². The molecule has 1 atom stereocenters. The van der Waals surface area contributed by atoms with Crippen LogP contribution in [0.4, 0.5) is 0 Å². The molecular formula is C24H48O4S.